The molecule has 0 atom stereocenters. The molecule has 122 valence electrons. The molecule has 0 radical (unpaired) electrons. The summed E-state index contributed by atoms with van der Waals surface area (Å²) < 4.78 is 22.5. The van der Waals surface area contributed by atoms with Crippen LogP contribution < -0.4 is 5.32 Å². The van der Waals surface area contributed by atoms with Crippen molar-refractivity contribution in [2.24, 2.45) is 0 Å². The Labute approximate surface area is 130 Å². The van der Waals surface area contributed by atoms with Crippen molar-refractivity contribution in [3.05, 3.63) is 35.4 Å². The molecular formula is C15H21NO5S. The van der Waals surface area contributed by atoms with E-state index in [4.69, 9.17) is 5.11 Å². The van der Waals surface area contributed by atoms with Gasteiger partial charge in [0.15, 0.2) is 9.84 Å². The summed E-state index contributed by atoms with van der Waals surface area (Å²) in [5, 5.41) is 11.2. The van der Waals surface area contributed by atoms with Crippen LogP contribution in [0.1, 0.15) is 41.6 Å². The van der Waals surface area contributed by atoms with E-state index in [1.165, 1.54) is 0 Å². The van der Waals surface area contributed by atoms with E-state index in [1.54, 1.807) is 24.3 Å². The van der Waals surface area contributed by atoms with E-state index >= 15 is 0 Å². The number of carboxylic acids is 1. The van der Waals surface area contributed by atoms with Crippen LogP contribution in [0.4, 0.5) is 0 Å². The third kappa shape index (κ3) is 7.78. The van der Waals surface area contributed by atoms with Crippen LogP contribution in [0.3, 0.4) is 0 Å². The smallest absolute Gasteiger partial charge is 0.303 e. The summed E-state index contributed by atoms with van der Waals surface area (Å²) in [6.45, 7) is 0.467. The maximum Gasteiger partial charge on any atom is 0.303 e. The summed E-state index contributed by atoms with van der Waals surface area (Å²) in [6.07, 6.45) is 3.33. The average Bonchev–Trinajstić information content (AvgIpc) is 2.40. The van der Waals surface area contributed by atoms with Gasteiger partial charge in [0.2, 0.25) is 0 Å². The van der Waals surface area contributed by atoms with Crippen molar-refractivity contribution in [1.82, 2.24) is 5.32 Å². The van der Waals surface area contributed by atoms with Crippen molar-refractivity contribution in [3.63, 3.8) is 0 Å². The predicted molar refractivity (Wildman–Crippen MR) is 83.4 cm³/mol. The SMILES string of the molecule is CS(=O)(=O)Cc1cccc(C(=O)NCCCCCC(=O)O)c1. The minimum Gasteiger partial charge on any atom is -0.481 e. The zero-order valence-corrected chi connectivity index (χ0v) is 13.4. The molecule has 0 saturated heterocycles. The molecule has 0 aromatic heterocycles. The van der Waals surface area contributed by atoms with E-state index in [0.717, 1.165) is 12.7 Å². The first-order chi connectivity index (χ1) is 10.3. The summed E-state index contributed by atoms with van der Waals surface area (Å²) in [5.41, 5.74) is 1.00. The fourth-order valence-electron chi connectivity index (χ4n) is 1.99. The molecule has 7 heteroatoms. The van der Waals surface area contributed by atoms with Crippen molar-refractivity contribution in [3.8, 4) is 0 Å². The first kappa shape index (κ1) is 18.2. The number of benzene rings is 1. The standard InChI is InChI=1S/C15H21NO5S/c1-22(20,21)11-12-6-5-7-13(10-12)15(19)16-9-4-2-3-8-14(17)18/h5-7,10H,2-4,8-9,11H2,1H3,(H,16,19)(H,17,18). The minimum atomic E-state index is -3.13. The average molecular weight is 327 g/mol. The molecule has 1 amide bonds. The first-order valence-corrected chi connectivity index (χ1v) is 9.10. The van der Waals surface area contributed by atoms with Gasteiger partial charge in [-0.15, -0.1) is 0 Å². The van der Waals surface area contributed by atoms with Crippen LogP contribution in [-0.2, 0) is 20.4 Å². The molecule has 0 aliphatic carbocycles. The topological polar surface area (TPSA) is 101 Å². The zero-order valence-electron chi connectivity index (χ0n) is 12.5. The quantitative estimate of drug-likeness (QED) is 0.671. The molecule has 2 N–H and O–H groups in total. The Morgan fingerprint density at radius 1 is 1.18 bits per heavy atom. The van der Waals surface area contributed by atoms with Gasteiger partial charge in [0.05, 0.1) is 5.75 Å². The van der Waals surface area contributed by atoms with Crippen LogP contribution in [0.25, 0.3) is 0 Å². The third-order valence-corrected chi connectivity index (χ3v) is 3.83. The number of unbranched alkanes of at least 4 members (excludes halogenated alkanes) is 2. The maximum absolute atomic E-state index is 11.9. The highest BCUT2D eigenvalue weighted by Crippen LogP contribution is 2.09. The number of carbonyl (C=O) groups excluding carboxylic acids is 1. The van der Waals surface area contributed by atoms with Gasteiger partial charge in [-0.2, -0.15) is 0 Å². The monoisotopic (exact) mass is 327 g/mol. The van der Waals surface area contributed by atoms with E-state index in [-0.39, 0.29) is 18.1 Å². The fourth-order valence-corrected chi connectivity index (χ4v) is 2.77. The number of hydrogen-bond donors (Lipinski definition) is 2. The van der Waals surface area contributed by atoms with Crippen LogP contribution in [0.2, 0.25) is 0 Å². The lowest BCUT2D eigenvalue weighted by molar-refractivity contribution is -0.137. The molecule has 6 nitrogen and oxygen atoms in total. The van der Waals surface area contributed by atoms with E-state index in [1.807, 2.05) is 0 Å². The highest BCUT2D eigenvalue weighted by Gasteiger charge is 2.09. The maximum atomic E-state index is 11.9. The largest absolute Gasteiger partial charge is 0.481 e. The van der Waals surface area contributed by atoms with Gasteiger partial charge in [-0.05, 0) is 30.5 Å². The molecular weight excluding hydrogens is 306 g/mol. The van der Waals surface area contributed by atoms with E-state index < -0.39 is 15.8 Å². The number of sulfone groups is 1. The Morgan fingerprint density at radius 3 is 2.55 bits per heavy atom. The molecule has 1 rings (SSSR count). The lowest BCUT2D eigenvalue weighted by Gasteiger charge is -2.06. The van der Waals surface area contributed by atoms with Crippen molar-refractivity contribution in [1.29, 1.82) is 0 Å². The van der Waals surface area contributed by atoms with Gasteiger partial charge in [-0.25, -0.2) is 8.42 Å². The Balaban J connectivity index is 2.42. The Hall–Kier alpha value is -1.89. The molecule has 1 aromatic carbocycles. The number of nitrogens with one attached hydrogen (secondary N) is 1. The van der Waals surface area contributed by atoms with Gasteiger partial charge in [0, 0.05) is 24.8 Å². The lowest BCUT2D eigenvalue weighted by atomic mass is 10.1. The number of carbonyl (C=O) groups is 2. The first-order valence-electron chi connectivity index (χ1n) is 7.04. The van der Waals surface area contributed by atoms with Crippen LogP contribution in [0.5, 0.6) is 0 Å². The molecule has 0 aliphatic heterocycles. The lowest BCUT2D eigenvalue weighted by Crippen LogP contribution is -2.24. The summed E-state index contributed by atoms with van der Waals surface area (Å²) in [5.74, 6) is -1.16. The second-order valence-electron chi connectivity index (χ2n) is 5.23. The van der Waals surface area contributed by atoms with Crippen molar-refractivity contribution in [2.45, 2.75) is 31.4 Å². The molecule has 0 aliphatic rings. The number of rotatable bonds is 9. The molecule has 0 bridgehead atoms. The van der Waals surface area contributed by atoms with Crippen LogP contribution in [-0.4, -0.2) is 38.2 Å². The van der Waals surface area contributed by atoms with Gasteiger partial charge < -0.3 is 10.4 Å². The van der Waals surface area contributed by atoms with Crippen LogP contribution in [0.15, 0.2) is 24.3 Å². The summed E-state index contributed by atoms with van der Waals surface area (Å²) in [4.78, 5) is 22.3. The summed E-state index contributed by atoms with van der Waals surface area (Å²) in [6, 6.07) is 6.53. The fraction of sp³-hybridized carbons (Fsp3) is 0.467. The molecule has 1 aromatic rings. The van der Waals surface area contributed by atoms with Gasteiger partial charge in [-0.3, -0.25) is 9.59 Å². The summed E-state index contributed by atoms with van der Waals surface area (Å²) >= 11 is 0. The second kappa shape index (κ2) is 8.53. The Morgan fingerprint density at radius 2 is 1.91 bits per heavy atom. The summed E-state index contributed by atoms with van der Waals surface area (Å²) in [7, 11) is -3.13. The second-order valence-corrected chi connectivity index (χ2v) is 7.37. The highest BCUT2D eigenvalue weighted by molar-refractivity contribution is 7.89. The molecule has 22 heavy (non-hydrogen) atoms. The zero-order chi connectivity index (χ0) is 16.6. The predicted octanol–water partition coefficient (Wildman–Crippen LogP) is 1.61. The molecule has 0 heterocycles. The highest BCUT2D eigenvalue weighted by atomic mass is 32.2. The van der Waals surface area contributed by atoms with Crippen molar-refractivity contribution >= 4 is 21.7 Å². The van der Waals surface area contributed by atoms with E-state index in [0.29, 0.717) is 30.5 Å². The van der Waals surface area contributed by atoms with Gasteiger partial charge in [0.1, 0.15) is 0 Å². The number of hydrogen-bond acceptors (Lipinski definition) is 4. The van der Waals surface area contributed by atoms with Crippen molar-refractivity contribution in [2.75, 3.05) is 12.8 Å². The van der Waals surface area contributed by atoms with Gasteiger partial charge in [0.25, 0.3) is 5.91 Å². The molecule has 0 spiro atoms. The third-order valence-electron chi connectivity index (χ3n) is 2.97. The van der Waals surface area contributed by atoms with Gasteiger partial charge >= 0.3 is 5.97 Å². The number of aliphatic carboxylic acids is 1. The molecule has 0 saturated carbocycles. The normalized spacial score (nSPS) is 11.1. The van der Waals surface area contributed by atoms with E-state index in [2.05, 4.69) is 5.32 Å². The van der Waals surface area contributed by atoms with Crippen molar-refractivity contribution < 1.29 is 23.1 Å². The molecule has 0 unspecified atom stereocenters. The van der Waals surface area contributed by atoms with Crippen LogP contribution >= 0.6 is 0 Å². The molecule has 0 fully saturated rings. The Kier molecular flexibility index (Phi) is 7.04. The van der Waals surface area contributed by atoms with E-state index in [9.17, 15) is 18.0 Å². The number of carboxylic acid groups (broad SMARTS) is 1. The minimum absolute atomic E-state index is 0.0939. The number of amides is 1. The Bertz CT molecular complexity index is 625. The van der Waals surface area contributed by atoms with Gasteiger partial charge in [-0.1, -0.05) is 18.6 Å². The van der Waals surface area contributed by atoms with Crippen LogP contribution in [0, 0.1) is 0 Å².